The van der Waals surface area contributed by atoms with Crippen molar-refractivity contribution < 1.29 is 9.18 Å². The molecule has 0 aliphatic rings. The first-order valence-corrected chi connectivity index (χ1v) is 6.47. The first-order valence-electron chi connectivity index (χ1n) is 5.30. The van der Waals surface area contributed by atoms with Crippen LogP contribution < -0.4 is 11.1 Å². The van der Waals surface area contributed by atoms with E-state index >= 15 is 0 Å². The molecule has 2 rings (SSSR count). The zero-order chi connectivity index (χ0) is 14.0. The number of anilines is 2. The Morgan fingerprint density at radius 1 is 1.26 bits per heavy atom. The summed E-state index contributed by atoms with van der Waals surface area (Å²) in [6.07, 6.45) is 0. The van der Waals surface area contributed by atoms with Gasteiger partial charge >= 0.3 is 0 Å². The summed E-state index contributed by atoms with van der Waals surface area (Å²) in [5.41, 5.74) is 6.45. The van der Waals surface area contributed by atoms with Crippen LogP contribution in [0.3, 0.4) is 0 Å². The van der Waals surface area contributed by atoms with Crippen LogP contribution in [0.25, 0.3) is 0 Å². The van der Waals surface area contributed by atoms with Gasteiger partial charge in [-0.15, -0.1) is 0 Å². The molecule has 6 heteroatoms. The average molecular weight is 344 g/mol. The Balaban J connectivity index is 2.31. The van der Waals surface area contributed by atoms with E-state index in [1.807, 2.05) is 0 Å². The van der Waals surface area contributed by atoms with E-state index in [4.69, 9.17) is 17.3 Å². The van der Waals surface area contributed by atoms with E-state index in [2.05, 4.69) is 21.2 Å². The van der Waals surface area contributed by atoms with Crippen LogP contribution in [0.4, 0.5) is 15.8 Å². The average Bonchev–Trinajstić information content (AvgIpc) is 2.38. The number of rotatable bonds is 2. The zero-order valence-corrected chi connectivity index (χ0v) is 11.9. The molecule has 0 heterocycles. The molecule has 0 radical (unpaired) electrons. The van der Waals surface area contributed by atoms with Crippen LogP contribution in [-0.2, 0) is 0 Å². The minimum atomic E-state index is -0.669. The van der Waals surface area contributed by atoms with Crippen molar-refractivity contribution >= 4 is 44.8 Å². The highest BCUT2D eigenvalue weighted by molar-refractivity contribution is 9.10. The summed E-state index contributed by atoms with van der Waals surface area (Å²) in [5, 5.41) is 2.40. The lowest BCUT2D eigenvalue weighted by atomic mass is 10.2. The highest BCUT2D eigenvalue weighted by atomic mass is 79.9. The van der Waals surface area contributed by atoms with Gasteiger partial charge in [-0.25, -0.2) is 4.39 Å². The molecule has 0 aliphatic carbocycles. The van der Waals surface area contributed by atoms with Gasteiger partial charge in [0.25, 0.3) is 5.91 Å². The van der Waals surface area contributed by atoms with Crippen LogP contribution in [0, 0.1) is 5.82 Å². The Bertz CT molecular complexity index is 649. The number of carbonyl (C=O) groups excluding carboxylic acids is 1. The quantitative estimate of drug-likeness (QED) is 0.807. The van der Waals surface area contributed by atoms with Crippen molar-refractivity contribution in [3.8, 4) is 0 Å². The Morgan fingerprint density at radius 2 is 1.95 bits per heavy atom. The lowest BCUT2D eigenvalue weighted by Crippen LogP contribution is -2.14. The van der Waals surface area contributed by atoms with Gasteiger partial charge < -0.3 is 11.1 Å². The fourth-order valence-corrected chi connectivity index (χ4v) is 2.13. The maximum atomic E-state index is 13.7. The molecule has 2 aromatic rings. The second kappa shape index (κ2) is 5.59. The fourth-order valence-electron chi connectivity index (χ4n) is 1.52. The van der Waals surface area contributed by atoms with Crippen LogP contribution in [0.2, 0.25) is 5.02 Å². The van der Waals surface area contributed by atoms with Crippen LogP contribution >= 0.6 is 27.5 Å². The smallest absolute Gasteiger partial charge is 0.256 e. The number of hydrogen-bond acceptors (Lipinski definition) is 2. The van der Waals surface area contributed by atoms with Crippen molar-refractivity contribution in [2.45, 2.75) is 0 Å². The number of nitrogens with one attached hydrogen (secondary N) is 1. The van der Waals surface area contributed by atoms with Gasteiger partial charge in [0.05, 0.1) is 20.7 Å². The van der Waals surface area contributed by atoms with E-state index < -0.39 is 11.7 Å². The number of nitrogen functional groups attached to an aromatic ring is 1. The van der Waals surface area contributed by atoms with Crippen molar-refractivity contribution in [1.29, 1.82) is 0 Å². The van der Waals surface area contributed by atoms with Gasteiger partial charge in [0.1, 0.15) is 0 Å². The highest BCUT2D eigenvalue weighted by Crippen LogP contribution is 2.26. The van der Waals surface area contributed by atoms with E-state index in [1.54, 1.807) is 24.3 Å². The third-order valence-electron chi connectivity index (χ3n) is 2.47. The van der Waals surface area contributed by atoms with Gasteiger partial charge in [-0.2, -0.15) is 0 Å². The predicted octanol–water partition coefficient (Wildman–Crippen LogP) is 4.08. The summed E-state index contributed by atoms with van der Waals surface area (Å²) in [7, 11) is 0. The molecular formula is C13H9BrClFN2O. The van der Waals surface area contributed by atoms with Crippen LogP contribution in [0.5, 0.6) is 0 Å². The Labute approximate surface area is 122 Å². The van der Waals surface area contributed by atoms with Gasteiger partial charge in [0.15, 0.2) is 5.82 Å². The van der Waals surface area contributed by atoms with Gasteiger partial charge in [-0.3, -0.25) is 4.79 Å². The molecule has 3 nitrogen and oxygen atoms in total. The molecule has 0 aliphatic heterocycles. The second-order valence-electron chi connectivity index (χ2n) is 3.76. The lowest BCUT2D eigenvalue weighted by Gasteiger charge is -2.09. The molecule has 0 saturated heterocycles. The molecule has 0 saturated carbocycles. The van der Waals surface area contributed by atoms with Gasteiger partial charge in [-0.05, 0) is 40.2 Å². The van der Waals surface area contributed by atoms with Gasteiger partial charge in [-0.1, -0.05) is 23.7 Å². The van der Waals surface area contributed by atoms with Crippen LogP contribution in [0.15, 0.2) is 40.9 Å². The minimum absolute atomic E-state index is 0.0202. The topological polar surface area (TPSA) is 55.1 Å². The summed E-state index contributed by atoms with van der Waals surface area (Å²) < 4.78 is 14.1. The molecule has 0 spiro atoms. The standard InChI is InChI=1S/C13H9BrClFN2O/c14-11-7(3-1-5-9(11)17)13(19)18-10-6-2-4-8(15)12(10)16/h1-6H,17H2,(H,18,19). The number of amides is 1. The third kappa shape index (κ3) is 2.88. The van der Waals surface area contributed by atoms with Crippen LogP contribution in [-0.4, -0.2) is 5.91 Å². The maximum absolute atomic E-state index is 13.7. The van der Waals surface area contributed by atoms with Crippen molar-refractivity contribution in [2.24, 2.45) is 0 Å². The molecule has 0 bridgehead atoms. The van der Waals surface area contributed by atoms with E-state index in [9.17, 15) is 9.18 Å². The SMILES string of the molecule is Nc1cccc(C(=O)Nc2cccc(Cl)c2F)c1Br. The normalized spacial score (nSPS) is 10.3. The largest absolute Gasteiger partial charge is 0.398 e. The number of nitrogens with two attached hydrogens (primary N) is 1. The molecule has 0 fully saturated rings. The minimum Gasteiger partial charge on any atom is -0.398 e. The molecule has 0 aromatic heterocycles. The second-order valence-corrected chi connectivity index (χ2v) is 4.96. The first-order chi connectivity index (χ1) is 9.00. The number of hydrogen-bond donors (Lipinski definition) is 2. The number of carbonyl (C=O) groups is 1. The molecule has 0 atom stereocenters. The van der Waals surface area contributed by atoms with Gasteiger partial charge in [0.2, 0.25) is 0 Å². The molecule has 98 valence electrons. The monoisotopic (exact) mass is 342 g/mol. The van der Waals surface area contributed by atoms with E-state index in [0.717, 1.165) is 0 Å². The van der Waals surface area contributed by atoms with Crippen molar-refractivity contribution in [1.82, 2.24) is 0 Å². The van der Waals surface area contributed by atoms with Crippen molar-refractivity contribution in [3.63, 3.8) is 0 Å². The lowest BCUT2D eigenvalue weighted by molar-refractivity contribution is 0.102. The van der Waals surface area contributed by atoms with E-state index in [-0.39, 0.29) is 10.7 Å². The Kier molecular flexibility index (Phi) is 4.07. The Hall–Kier alpha value is -1.59. The molecular weight excluding hydrogens is 335 g/mol. The van der Waals surface area contributed by atoms with E-state index in [0.29, 0.717) is 15.7 Å². The summed E-state index contributed by atoms with van der Waals surface area (Å²) >= 11 is 8.87. The van der Waals surface area contributed by atoms with Gasteiger partial charge in [0, 0.05) is 5.69 Å². The molecule has 3 N–H and O–H groups in total. The van der Waals surface area contributed by atoms with Crippen molar-refractivity contribution in [2.75, 3.05) is 11.1 Å². The molecule has 2 aromatic carbocycles. The maximum Gasteiger partial charge on any atom is 0.256 e. The van der Waals surface area contributed by atoms with E-state index in [1.165, 1.54) is 12.1 Å². The van der Waals surface area contributed by atoms with Crippen LogP contribution in [0.1, 0.15) is 10.4 Å². The fraction of sp³-hybridized carbons (Fsp3) is 0. The van der Waals surface area contributed by atoms with Crippen molar-refractivity contribution in [3.05, 3.63) is 57.3 Å². The predicted molar refractivity (Wildman–Crippen MR) is 77.9 cm³/mol. The third-order valence-corrected chi connectivity index (χ3v) is 3.65. The molecule has 19 heavy (non-hydrogen) atoms. The summed E-state index contributed by atoms with van der Waals surface area (Å²) in [5.74, 6) is -1.14. The number of benzene rings is 2. The first kappa shape index (κ1) is 13.8. The Morgan fingerprint density at radius 3 is 2.68 bits per heavy atom. The highest BCUT2D eigenvalue weighted by Gasteiger charge is 2.14. The molecule has 1 amide bonds. The number of halogens is 3. The zero-order valence-electron chi connectivity index (χ0n) is 9.58. The molecule has 0 unspecified atom stereocenters. The summed E-state index contributed by atoms with van der Waals surface area (Å²) in [4.78, 5) is 12.0. The summed E-state index contributed by atoms with van der Waals surface area (Å²) in [6, 6.07) is 9.26. The summed E-state index contributed by atoms with van der Waals surface area (Å²) in [6.45, 7) is 0.